The highest BCUT2D eigenvalue weighted by atomic mass is 16.5. The SMILES string of the molecule is CC1(C)C2CCC1(C)C(OC[C@@H]1CCCN1)C2. The maximum atomic E-state index is 6.30. The summed E-state index contributed by atoms with van der Waals surface area (Å²) in [6.45, 7) is 9.50. The molecule has 0 radical (unpaired) electrons. The van der Waals surface area contributed by atoms with Gasteiger partial charge >= 0.3 is 0 Å². The minimum Gasteiger partial charge on any atom is -0.376 e. The van der Waals surface area contributed by atoms with Gasteiger partial charge in [0.15, 0.2) is 0 Å². The summed E-state index contributed by atoms with van der Waals surface area (Å²) in [6.07, 6.45) is 7.23. The van der Waals surface area contributed by atoms with Crippen molar-refractivity contribution in [2.75, 3.05) is 13.2 Å². The fourth-order valence-corrected chi connectivity index (χ4v) is 4.51. The lowest BCUT2D eigenvalue weighted by atomic mass is 9.70. The highest BCUT2D eigenvalue weighted by Crippen LogP contribution is 2.66. The number of hydrogen-bond donors (Lipinski definition) is 1. The Balaban J connectivity index is 1.62. The zero-order valence-electron chi connectivity index (χ0n) is 11.6. The zero-order chi connectivity index (χ0) is 12.1. The highest BCUT2D eigenvalue weighted by Gasteiger charge is 2.61. The second-order valence-corrected chi connectivity index (χ2v) is 7.23. The van der Waals surface area contributed by atoms with Crippen LogP contribution in [-0.4, -0.2) is 25.3 Å². The molecule has 2 saturated carbocycles. The van der Waals surface area contributed by atoms with E-state index in [1.54, 1.807) is 0 Å². The molecule has 1 saturated heterocycles. The van der Waals surface area contributed by atoms with Crippen LogP contribution in [0.1, 0.15) is 52.9 Å². The van der Waals surface area contributed by atoms with Crippen molar-refractivity contribution in [1.82, 2.24) is 5.32 Å². The van der Waals surface area contributed by atoms with Gasteiger partial charge in [-0.15, -0.1) is 0 Å². The molecule has 98 valence electrons. The van der Waals surface area contributed by atoms with Gasteiger partial charge in [-0.25, -0.2) is 0 Å². The van der Waals surface area contributed by atoms with E-state index in [0.29, 0.717) is 23.0 Å². The lowest BCUT2D eigenvalue weighted by Crippen LogP contribution is -2.39. The van der Waals surface area contributed by atoms with Crippen LogP contribution in [0, 0.1) is 16.7 Å². The van der Waals surface area contributed by atoms with Crippen LogP contribution in [0.2, 0.25) is 0 Å². The van der Waals surface area contributed by atoms with E-state index in [2.05, 4.69) is 26.1 Å². The van der Waals surface area contributed by atoms with Gasteiger partial charge in [-0.2, -0.15) is 0 Å². The molecule has 17 heavy (non-hydrogen) atoms. The van der Waals surface area contributed by atoms with Crippen LogP contribution in [-0.2, 0) is 4.74 Å². The quantitative estimate of drug-likeness (QED) is 0.815. The van der Waals surface area contributed by atoms with Crippen molar-refractivity contribution < 1.29 is 4.74 Å². The minimum absolute atomic E-state index is 0.427. The van der Waals surface area contributed by atoms with E-state index in [4.69, 9.17) is 4.74 Å². The first kappa shape index (κ1) is 12.0. The van der Waals surface area contributed by atoms with E-state index < -0.39 is 0 Å². The second kappa shape index (κ2) is 3.96. The highest BCUT2D eigenvalue weighted by molar-refractivity contribution is 5.11. The number of nitrogens with one attached hydrogen (secondary N) is 1. The Bertz CT molecular complexity index is 295. The Hall–Kier alpha value is -0.0800. The fraction of sp³-hybridized carbons (Fsp3) is 1.00. The van der Waals surface area contributed by atoms with Gasteiger partial charge in [-0.3, -0.25) is 0 Å². The molecule has 4 atom stereocenters. The lowest BCUT2D eigenvalue weighted by Gasteiger charge is -2.39. The number of rotatable bonds is 3. The van der Waals surface area contributed by atoms with E-state index in [1.165, 1.54) is 38.6 Å². The molecule has 2 heteroatoms. The molecule has 1 N–H and O–H groups in total. The van der Waals surface area contributed by atoms with Crippen LogP contribution >= 0.6 is 0 Å². The van der Waals surface area contributed by atoms with Crippen molar-refractivity contribution in [3.63, 3.8) is 0 Å². The van der Waals surface area contributed by atoms with Crippen LogP contribution in [0.4, 0.5) is 0 Å². The summed E-state index contributed by atoms with van der Waals surface area (Å²) < 4.78 is 6.30. The van der Waals surface area contributed by atoms with Crippen LogP contribution < -0.4 is 5.32 Å². The minimum atomic E-state index is 0.427. The van der Waals surface area contributed by atoms with Crippen molar-refractivity contribution in [3.05, 3.63) is 0 Å². The predicted octanol–water partition coefficient (Wildman–Crippen LogP) is 2.97. The third-order valence-electron chi connectivity index (χ3n) is 6.37. The number of ether oxygens (including phenoxy) is 1. The first-order chi connectivity index (χ1) is 8.04. The Morgan fingerprint density at radius 3 is 2.59 bits per heavy atom. The van der Waals surface area contributed by atoms with E-state index in [1.807, 2.05) is 0 Å². The van der Waals surface area contributed by atoms with Gasteiger partial charge in [0.25, 0.3) is 0 Å². The normalized spacial score (nSPS) is 47.8. The molecule has 0 amide bonds. The number of fused-ring (bicyclic) bond motifs is 2. The van der Waals surface area contributed by atoms with E-state index >= 15 is 0 Å². The lowest BCUT2D eigenvalue weighted by molar-refractivity contribution is -0.0520. The third-order valence-corrected chi connectivity index (χ3v) is 6.37. The Kier molecular flexibility index (Phi) is 2.79. The summed E-state index contributed by atoms with van der Waals surface area (Å²) in [5.74, 6) is 0.897. The van der Waals surface area contributed by atoms with Crippen molar-refractivity contribution >= 4 is 0 Å². The molecule has 2 bridgehead atoms. The van der Waals surface area contributed by atoms with Gasteiger partial charge in [0, 0.05) is 6.04 Å². The summed E-state index contributed by atoms with van der Waals surface area (Å²) in [7, 11) is 0. The first-order valence-corrected chi connectivity index (χ1v) is 7.39. The molecule has 0 spiro atoms. The largest absolute Gasteiger partial charge is 0.376 e. The molecule has 1 aliphatic heterocycles. The molecule has 3 fully saturated rings. The summed E-state index contributed by atoms with van der Waals surface area (Å²) >= 11 is 0. The zero-order valence-corrected chi connectivity index (χ0v) is 11.6. The fourth-order valence-electron chi connectivity index (χ4n) is 4.51. The van der Waals surface area contributed by atoms with Gasteiger partial charge < -0.3 is 10.1 Å². The molecule has 0 aromatic carbocycles. The van der Waals surface area contributed by atoms with E-state index in [-0.39, 0.29) is 0 Å². The smallest absolute Gasteiger partial charge is 0.0637 e. The van der Waals surface area contributed by atoms with E-state index in [9.17, 15) is 0 Å². The Morgan fingerprint density at radius 1 is 1.24 bits per heavy atom. The summed E-state index contributed by atoms with van der Waals surface area (Å²) in [5, 5.41) is 3.53. The molecular weight excluding hydrogens is 210 g/mol. The molecule has 0 aromatic rings. The summed E-state index contributed by atoms with van der Waals surface area (Å²) in [4.78, 5) is 0. The topological polar surface area (TPSA) is 21.3 Å². The average molecular weight is 237 g/mol. The summed E-state index contributed by atoms with van der Waals surface area (Å²) in [5.41, 5.74) is 0.914. The molecule has 3 unspecified atom stereocenters. The van der Waals surface area contributed by atoms with Gasteiger partial charge in [-0.05, 0) is 55.4 Å². The monoisotopic (exact) mass is 237 g/mol. The maximum absolute atomic E-state index is 6.30. The molecule has 3 aliphatic rings. The Morgan fingerprint density at radius 2 is 2.06 bits per heavy atom. The molecular formula is C15H27NO. The van der Waals surface area contributed by atoms with Crippen LogP contribution in [0.15, 0.2) is 0 Å². The van der Waals surface area contributed by atoms with Crippen molar-refractivity contribution in [2.24, 2.45) is 16.7 Å². The molecule has 0 aromatic heterocycles. The average Bonchev–Trinajstić information content (AvgIpc) is 2.91. The molecule has 3 rings (SSSR count). The third kappa shape index (κ3) is 1.67. The molecule has 1 heterocycles. The predicted molar refractivity (Wildman–Crippen MR) is 70.0 cm³/mol. The number of hydrogen-bond acceptors (Lipinski definition) is 2. The van der Waals surface area contributed by atoms with Crippen LogP contribution in [0.3, 0.4) is 0 Å². The van der Waals surface area contributed by atoms with Crippen molar-refractivity contribution in [1.29, 1.82) is 0 Å². The van der Waals surface area contributed by atoms with Crippen molar-refractivity contribution in [3.8, 4) is 0 Å². The summed E-state index contributed by atoms with van der Waals surface area (Å²) in [6, 6.07) is 0.626. The van der Waals surface area contributed by atoms with Crippen LogP contribution in [0.5, 0.6) is 0 Å². The van der Waals surface area contributed by atoms with Crippen LogP contribution in [0.25, 0.3) is 0 Å². The van der Waals surface area contributed by atoms with Gasteiger partial charge in [0.05, 0.1) is 12.7 Å². The van der Waals surface area contributed by atoms with Gasteiger partial charge in [0.1, 0.15) is 0 Å². The van der Waals surface area contributed by atoms with Crippen molar-refractivity contribution in [2.45, 2.75) is 65.0 Å². The second-order valence-electron chi connectivity index (χ2n) is 7.23. The van der Waals surface area contributed by atoms with Gasteiger partial charge in [0.2, 0.25) is 0 Å². The maximum Gasteiger partial charge on any atom is 0.0637 e. The first-order valence-electron chi connectivity index (χ1n) is 7.39. The standard InChI is InChI=1S/C15H27NO/c1-14(2)11-6-7-15(14,3)13(9-11)17-10-12-5-4-8-16-12/h11-13,16H,4-10H2,1-3H3/t11?,12-,13?,15?/m0/s1. The van der Waals surface area contributed by atoms with E-state index in [0.717, 1.165) is 12.5 Å². The van der Waals surface area contributed by atoms with Gasteiger partial charge in [-0.1, -0.05) is 20.8 Å². The molecule has 2 nitrogen and oxygen atoms in total. The molecule has 2 aliphatic carbocycles. The Labute approximate surface area is 105 Å².